The van der Waals surface area contributed by atoms with Gasteiger partial charge in [0.2, 0.25) is 0 Å². The van der Waals surface area contributed by atoms with Gasteiger partial charge in [0.25, 0.3) is 0 Å². The molecular weight excluding hydrogens is 216 g/mol. The van der Waals surface area contributed by atoms with Gasteiger partial charge in [0.05, 0.1) is 13.7 Å². The molecule has 0 aliphatic carbocycles. The van der Waals surface area contributed by atoms with E-state index in [9.17, 15) is 14.4 Å². The molecule has 16 heavy (non-hydrogen) atoms. The van der Waals surface area contributed by atoms with Crippen LogP contribution in [-0.2, 0) is 23.8 Å². The van der Waals surface area contributed by atoms with Gasteiger partial charge in [-0.3, -0.25) is 9.59 Å². The number of ether oxygens (including phenoxy) is 3. The molecule has 0 rings (SSSR count). The van der Waals surface area contributed by atoms with Gasteiger partial charge >= 0.3 is 12.1 Å². The summed E-state index contributed by atoms with van der Waals surface area (Å²) in [6.45, 7) is 2.93. The molecular formula is C10H16O6. The third-order valence-electron chi connectivity index (χ3n) is 1.79. The third-order valence-corrected chi connectivity index (χ3v) is 1.79. The Balaban J connectivity index is 3.59. The van der Waals surface area contributed by atoms with Crippen molar-refractivity contribution >= 4 is 17.9 Å². The largest absolute Gasteiger partial charge is 0.507 e. The number of carbonyl (C=O) groups excluding carboxylic acids is 3. The number of Topliss-reactive ketones (excluding diaryl/α,β-unsaturated/α-hetero) is 1. The molecule has 0 N–H and O–H groups in total. The van der Waals surface area contributed by atoms with Crippen LogP contribution in [0.4, 0.5) is 4.79 Å². The maximum absolute atomic E-state index is 11.1. The molecule has 0 saturated carbocycles. The van der Waals surface area contributed by atoms with Crippen LogP contribution in [0.3, 0.4) is 0 Å². The minimum Gasteiger partial charge on any atom is -0.455 e. The first-order valence-corrected chi connectivity index (χ1v) is 4.88. The molecule has 0 radical (unpaired) electrons. The van der Waals surface area contributed by atoms with Gasteiger partial charge < -0.3 is 14.2 Å². The van der Waals surface area contributed by atoms with Crippen LogP contribution in [0.5, 0.6) is 0 Å². The summed E-state index contributed by atoms with van der Waals surface area (Å²) in [5.41, 5.74) is 0. The van der Waals surface area contributed by atoms with Crippen molar-refractivity contribution < 1.29 is 28.6 Å². The molecule has 1 unspecified atom stereocenters. The highest BCUT2D eigenvalue weighted by molar-refractivity contribution is 5.83. The SMILES string of the molecule is COC(=O)OCCCC(=O)OC(C)C(C)=O. The number of esters is 1. The first kappa shape index (κ1) is 14.4. The lowest BCUT2D eigenvalue weighted by atomic mass is 10.3. The zero-order chi connectivity index (χ0) is 12.6. The Morgan fingerprint density at radius 3 is 2.38 bits per heavy atom. The van der Waals surface area contributed by atoms with E-state index in [0.717, 1.165) is 0 Å². The summed E-state index contributed by atoms with van der Waals surface area (Å²) in [7, 11) is 1.20. The quantitative estimate of drug-likeness (QED) is 0.503. The second-order valence-corrected chi connectivity index (χ2v) is 3.15. The van der Waals surface area contributed by atoms with E-state index in [1.54, 1.807) is 0 Å². The smallest absolute Gasteiger partial charge is 0.455 e. The lowest BCUT2D eigenvalue weighted by Gasteiger charge is -2.09. The van der Waals surface area contributed by atoms with E-state index in [1.165, 1.54) is 21.0 Å². The minimum absolute atomic E-state index is 0.0796. The normalized spacial score (nSPS) is 11.4. The van der Waals surface area contributed by atoms with E-state index in [0.29, 0.717) is 6.42 Å². The van der Waals surface area contributed by atoms with E-state index < -0.39 is 18.2 Å². The predicted molar refractivity (Wildman–Crippen MR) is 53.8 cm³/mol. The van der Waals surface area contributed by atoms with Crippen molar-refractivity contribution in [2.75, 3.05) is 13.7 Å². The van der Waals surface area contributed by atoms with Gasteiger partial charge in [-0.05, 0) is 20.3 Å². The van der Waals surface area contributed by atoms with Crippen LogP contribution in [0.1, 0.15) is 26.7 Å². The van der Waals surface area contributed by atoms with Crippen molar-refractivity contribution in [2.45, 2.75) is 32.8 Å². The molecule has 0 bridgehead atoms. The Bertz CT molecular complexity index is 260. The van der Waals surface area contributed by atoms with Gasteiger partial charge in [-0.15, -0.1) is 0 Å². The molecule has 0 amide bonds. The van der Waals surface area contributed by atoms with Crippen LogP contribution >= 0.6 is 0 Å². The topological polar surface area (TPSA) is 78.9 Å². The van der Waals surface area contributed by atoms with Crippen LogP contribution in [0.15, 0.2) is 0 Å². The highest BCUT2D eigenvalue weighted by atomic mass is 16.7. The fourth-order valence-corrected chi connectivity index (χ4v) is 0.770. The molecule has 0 aromatic carbocycles. The van der Waals surface area contributed by atoms with Crippen LogP contribution < -0.4 is 0 Å². The molecule has 1 atom stereocenters. The molecule has 0 heterocycles. The molecule has 0 spiro atoms. The molecule has 0 aromatic heterocycles. The molecule has 0 aliphatic rings. The number of ketones is 1. The van der Waals surface area contributed by atoms with Crippen molar-refractivity contribution in [3.63, 3.8) is 0 Å². The molecule has 6 heteroatoms. The summed E-state index contributed by atoms with van der Waals surface area (Å²) in [5, 5.41) is 0. The van der Waals surface area contributed by atoms with Crippen LogP contribution in [0, 0.1) is 0 Å². The van der Waals surface area contributed by atoms with E-state index >= 15 is 0 Å². The number of methoxy groups -OCH3 is 1. The average molecular weight is 232 g/mol. The zero-order valence-corrected chi connectivity index (χ0v) is 9.65. The van der Waals surface area contributed by atoms with Gasteiger partial charge in [0, 0.05) is 6.42 Å². The van der Waals surface area contributed by atoms with Crippen LogP contribution in [0.25, 0.3) is 0 Å². The highest BCUT2D eigenvalue weighted by Gasteiger charge is 2.13. The highest BCUT2D eigenvalue weighted by Crippen LogP contribution is 1.99. The Morgan fingerprint density at radius 1 is 1.25 bits per heavy atom. The monoisotopic (exact) mass is 232 g/mol. The van der Waals surface area contributed by atoms with E-state index in [2.05, 4.69) is 9.47 Å². The zero-order valence-electron chi connectivity index (χ0n) is 9.65. The Kier molecular flexibility index (Phi) is 6.91. The van der Waals surface area contributed by atoms with Crippen molar-refractivity contribution in [3.8, 4) is 0 Å². The number of hydrogen-bond acceptors (Lipinski definition) is 6. The molecule has 0 saturated heterocycles. The van der Waals surface area contributed by atoms with Crippen molar-refractivity contribution in [1.29, 1.82) is 0 Å². The van der Waals surface area contributed by atoms with Crippen molar-refractivity contribution in [2.24, 2.45) is 0 Å². The summed E-state index contributed by atoms with van der Waals surface area (Å²) in [5.74, 6) is -0.699. The van der Waals surface area contributed by atoms with Gasteiger partial charge in [0.1, 0.15) is 0 Å². The van der Waals surface area contributed by atoms with Crippen LogP contribution in [0.2, 0.25) is 0 Å². The fourth-order valence-electron chi connectivity index (χ4n) is 0.770. The molecule has 92 valence electrons. The van der Waals surface area contributed by atoms with Gasteiger partial charge in [0.15, 0.2) is 11.9 Å². The summed E-state index contributed by atoms with van der Waals surface area (Å²) in [6, 6.07) is 0. The molecule has 0 fully saturated rings. The summed E-state index contributed by atoms with van der Waals surface area (Å²) < 4.78 is 13.6. The lowest BCUT2D eigenvalue weighted by Crippen LogP contribution is -2.21. The predicted octanol–water partition coefficient (Wildman–Crippen LogP) is 1.07. The fraction of sp³-hybridized carbons (Fsp3) is 0.700. The lowest BCUT2D eigenvalue weighted by molar-refractivity contribution is -0.153. The number of carbonyl (C=O) groups is 3. The average Bonchev–Trinajstić information content (AvgIpc) is 2.23. The van der Waals surface area contributed by atoms with Gasteiger partial charge in [-0.25, -0.2) is 4.79 Å². The molecule has 6 nitrogen and oxygen atoms in total. The summed E-state index contributed by atoms with van der Waals surface area (Å²) in [6.07, 6.45) is -1.09. The first-order valence-electron chi connectivity index (χ1n) is 4.88. The van der Waals surface area contributed by atoms with E-state index in [4.69, 9.17) is 4.74 Å². The Morgan fingerprint density at radius 2 is 1.88 bits per heavy atom. The number of hydrogen-bond donors (Lipinski definition) is 0. The first-order chi connectivity index (χ1) is 7.47. The van der Waals surface area contributed by atoms with Crippen molar-refractivity contribution in [3.05, 3.63) is 0 Å². The maximum atomic E-state index is 11.1. The third kappa shape index (κ3) is 6.80. The van der Waals surface area contributed by atoms with Gasteiger partial charge in [-0.1, -0.05) is 0 Å². The minimum atomic E-state index is -0.787. The van der Waals surface area contributed by atoms with E-state index in [-0.39, 0.29) is 18.8 Å². The Hall–Kier alpha value is -1.59. The Labute approximate surface area is 93.8 Å². The van der Waals surface area contributed by atoms with Crippen LogP contribution in [-0.4, -0.2) is 37.7 Å². The standard InChI is InChI=1S/C10H16O6/c1-7(11)8(2)16-9(12)5-4-6-15-10(13)14-3/h8H,4-6H2,1-3H3. The van der Waals surface area contributed by atoms with Crippen molar-refractivity contribution in [1.82, 2.24) is 0 Å². The number of rotatable bonds is 6. The summed E-state index contributed by atoms with van der Waals surface area (Å²) >= 11 is 0. The van der Waals surface area contributed by atoms with Gasteiger partial charge in [-0.2, -0.15) is 0 Å². The second kappa shape index (κ2) is 7.67. The summed E-state index contributed by atoms with van der Waals surface area (Å²) in [4.78, 5) is 32.4. The second-order valence-electron chi connectivity index (χ2n) is 3.15. The molecule has 0 aliphatic heterocycles. The van der Waals surface area contributed by atoms with E-state index in [1.807, 2.05) is 0 Å². The maximum Gasteiger partial charge on any atom is 0.507 e. The molecule has 0 aromatic rings.